The maximum atomic E-state index is 13.2. The predicted octanol–water partition coefficient (Wildman–Crippen LogP) is 2.34. The Morgan fingerprint density at radius 3 is 2.94 bits per heavy atom. The monoisotopic (exact) mass is 239 g/mol. The number of carbonyl (C=O) groups excluding carboxylic acids is 1. The molecule has 17 heavy (non-hydrogen) atoms. The van der Waals surface area contributed by atoms with E-state index in [9.17, 15) is 14.3 Å². The minimum Gasteiger partial charge on any atom is -0.508 e. The number of phenolic OH excluding ortho intramolecular Hbond substituents is 1. The van der Waals surface area contributed by atoms with Crippen LogP contribution in [0.1, 0.15) is 25.5 Å². The number of benzene rings is 1. The van der Waals surface area contributed by atoms with Gasteiger partial charge in [0.15, 0.2) is 0 Å². The van der Waals surface area contributed by atoms with Crippen LogP contribution in [-0.2, 0) is 4.74 Å². The van der Waals surface area contributed by atoms with Crippen LogP contribution >= 0.6 is 0 Å². The highest BCUT2D eigenvalue weighted by molar-refractivity contribution is 5.69. The van der Waals surface area contributed by atoms with Gasteiger partial charge in [0.1, 0.15) is 18.2 Å². The number of ether oxygens (including phenoxy) is 1. The summed E-state index contributed by atoms with van der Waals surface area (Å²) < 4.78 is 18.1. The summed E-state index contributed by atoms with van der Waals surface area (Å²) in [5, 5.41) is 12.4. The molecule has 1 saturated heterocycles. The molecule has 1 fully saturated rings. The van der Waals surface area contributed by atoms with Crippen LogP contribution < -0.4 is 5.32 Å². The molecule has 0 spiro atoms. The normalized spacial score (nSPS) is 22.8. The van der Waals surface area contributed by atoms with Crippen molar-refractivity contribution in [2.24, 2.45) is 5.41 Å². The fourth-order valence-electron chi connectivity index (χ4n) is 1.95. The largest absolute Gasteiger partial charge is 0.508 e. The van der Waals surface area contributed by atoms with Crippen molar-refractivity contribution in [2.75, 3.05) is 6.61 Å². The van der Waals surface area contributed by atoms with Gasteiger partial charge in [0.25, 0.3) is 0 Å². The zero-order valence-electron chi connectivity index (χ0n) is 9.66. The molecule has 1 amide bonds. The second kappa shape index (κ2) is 3.91. The van der Waals surface area contributed by atoms with Crippen molar-refractivity contribution < 1.29 is 19.0 Å². The van der Waals surface area contributed by atoms with E-state index in [1.807, 2.05) is 13.8 Å². The number of halogens is 1. The Hall–Kier alpha value is -1.78. The molecule has 0 unspecified atom stereocenters. The lowest BCUT2D eigenvalue weighted by molar-refractivity contribution is 0.0380. The molecule has 2 rings (SSSR count). The van der Waals surface area contributed by atoms with E-state index in [1.165, 1.54) is 18.2 Å². The van der Waals surface area contributed by atoms with Gasteiger partial charge in [-0.2, -0.15) is 0 Å². The number of hydrogen-bond donors (Lipinski definition) is 2. The molecule has 1 aromatic carbocycles. The highest BCUT2D eigenvalue weighted by Gasteiger charge is 2.39. The maximum Gasteiger partial charge on any atom is 0.407 e. The number of hydrogen-bond acceptors (Lipinski definition) is 3. The fraction of sp³-hybridized carbons (Fsp3) is 0.417. The van der Waals surface area contributed by atoms with Crippen molar-refractivity contribution >= 4 is 6.09 Å². The van der Waals surface area contributed by atoms with E-state index >= 15 is 0 Å². The van der Waals surface area contributed by atoms with E-state index in [4.69, 9.17) is 4.74 Å². The summed E-state index contributed by atoms with van der Waals surface area (Å²) in [5.74, 6) is -0.485. The first-order valence-corrected chi connectivity index (χ1v) is 5.32. The molecular weight excluding hydrogens is 225 g/mol. The van der Waals surface area contributed by atoms with Crippen LogP contribution in [0.15, 0.2) is 18.2 Å². The molecular formula is C12H14FNO3. The number of amides is 1. The Labute approximate surface area is 98.4 Å². The van der Waals surface area contributed by atoms with Crippen LogP contribution in [0.3, 0.4) is 0 Å². The van der Waals surface area contributed by atoms with E-state index in [0.29, 0.717) is 5.56 Å². The van der Waals surface area contributed by atoms with Crippen LogP contribution in [0.25, 0.3) is 0 Å². The van der Waals surface area contributed by atoms with Gasteiger partial charge in [-0.15, -0.1) is 0 Å². The second-order valence-corrected chi connectivity index (χ2v) is 4.85. The molecule has 0 aromatic heterocycles. The number of phenols is 1. The first-order chi connectivity index (χ1) is 7.90. The van der Waals surface area contributed by atoms with Gasteiger partial charge < -0.3 is 15.2 Å². The van der Waals surface area contributed by atoms with Gasteiger partial charge in [-0.25, -0.2) is 9.18 Å². The van der Waals surface area contributed by atoms with Crippen molar-refractivity contribution in [3.63, 3.8) is 0 Å². The lowest BCUT2D eigenvalue weighted by Gasteiger charge is -2.38. The van der Waals surface area contributed by atoms with E-state index < -0.39 is 23.4 Å². The van der Waals surface area contributed by atoms with Gasteiger partial charge in [-0.05, 0) is 18.2 Å². The molecule has 4 nitrogen and oxygen atoms in total. The predicted molar refractivity (Wildman–Crippen MR) is 59.1 cm³/mol. The van der Waals surface area contributed by atoms with Gasteiger partial charge in [-0.1, -0.05) is 13.8 Å². The summed E-state index contributed by atoms with van der Waals surface area (Å²) in [6.07, 6.45) is -0.557. The molecule has 5 heteroatoms. The maximum absolute atomic E-state index is 13.2. The standard InChI is InChI=1S/C12H14FNO3/c1-12(2)6-17-11(16)14-10(12)8-5-7(13)3-4-9(8)15/h3-5,10,15H,6H2,1-2H3,(H,14,16)/t10-/m1/s1. The van der Waals surface area contributed by atoms with Crippen LogP contribution in [0.2, 0.25) is 0 Å². The van der Waals surface area contributed by atoms with E-state index in [0.717, 1.165) is 0 Å². The van der Waals surface area contributed by atoms with Crippen LogP contribution in [0.5, 0.6) is 5.75 Å². The van der Waals surface area contributed by atoms with E-state index in [1.54, 1.807) is 0 Å². The van der Waals surface area contributed by atoms with Gasteiger partial charge in [0.2, 0.25) is 0 Å². The Morgan fingerprint density at radius 2 is 2.24 bits per heavy atom. The molecule has 1 aliphatic heterocycles. The van der Waals surface area contributed by atoms with Crippen LogP contribution in [-0.4, -0.2) is 17.8 Å². The van der Waals surface area contributed by atoms with Crippen LogP contribution in [0, 0.1) is 11.2 Å². The molecule has 1 atom stereocenters. The number of alkyl carbamates (subject to hydrolysis) is 1. The first-order valence-electron chi connectivity index (χ1n) is 5.32. The molecule has 1 heterocycles. The molecule has 0 bridgehead atoms. The SMILES string of the molecule is CC1(C)COC(=O)N[C@@H]1c1cc(F)ccc1O. The molecule has 2 N–H and O–H groups in total. The summed E-state index contributed by atoms with van der Waals surface area (Å²) in [5.41, 5.74) is -0.0502. The number of carbonyl (C=O) groups is 1. The summed E-state index contributed by atoms with van der Waals surface area (Å²) >= 11 is 0. The summed E-state index contributed by atoms with van der Waals surface area (Å²) in [7, 11) is 0. The molecule has 1 aliphatic rings. The topological polar surface area (TPSA) is 58.6 Å². The molecule has 92 valence electrons. The van der Waals surface area contributed by atoms with Gasteiger partial charge in [-0.3, -0.25) is 0 Å². The highest BCUT2D eigenvalue weighted by atomic mass is 19.1. The van der Waals surface area contributed by atoms with Crippen molar-refractivity contribution in [3.8, 4) is 5.75 Å². The molecule has 0 saturated carbocycles. The average molecular weight is 239 g/mol. The summed E-state index contributed by atoms with van der Waals surface area (Å²) in [4.78, 5) is 11.2. The fourth-order valence-corrected chi connectivity index (χ4v) is 1.95. The smallest absolute Gasteiger partial charge is 0.407 e. The Kier molecular flexibility index (Phi) is 2.69. The summed E-state index contributed by atoms with van der Waals surface area (Å²) in [6, 6.07) is 3.21. The Balaban J connectivity index is 2.42. The Bertz CT molecular complexity index is 459. The van der Waals surface area contributed by atoms with Gasteiger partial charge in [0, 0.05) is 11.0 Å². The average Bonchev–Trinajstić information content (AvgIpc) is 2.26. The minimum absolute atomic E-state index is 0.0355. The number of aromatic hydroxyl groups is 1. The third-order valence-corrected chi connectivity index (χ3v) is 2.92. The van der Waals surface area contributed by atoms with Crippen molar-refractivity contribution in [2.45, 2.75) is 19.9 Å². The van der Waals surface area contributed by atoms with Crippen molar-refractivity contribution in [1.29, 1.82) is 0 Å². The first kappa shape index (κ1) is 11.7. The molecule has 0 aliphatic carbocycles. The zero-order valence-corrected chi connectivity index (χ0v) is 9.66. The summed E-state index contributed by atoms with van der Waals surface area (Å²) in [6.45, 7) is 3.97. The third kappa shape index (κ3) is 2.18. The zero-order chi connectivity index (χ0) is 12.6. The lowest BCUT2D eigenvalue weighted by atomic mass is 9.80. The molecule has 0 radical (unpaired) electrons. The minimum atomic E-state index is -0.557. The molecule has 1 aromatic rings. The van der Waals surface area contributed by atoms with Crippen LogP contribution in [0.4, 0.5) is 9.18 Å². The second-order valence-electron chi connectivity index (χ2n) is 4.85. The van der Waals surface area contributed by atoms with Crippen molar-refractivity contribution in [3.05, 3.63) is 29.6 Å². The van der Waals surface area contributed by atoms with Gasteiger partial charge >= 0.3 is 6.09 Å². The number of nitrogens with one attached hydrogen (secondary N) is 1. The van der Waals surface area contributed by atoms with E-state index in [2.05, 4.69) is 5.32 Å². The number of rotatable bonds is 1. The third-order valence-electron chi connectivity index (χ3n) is 2.92. The highest BCUT2D eigenvalue weighted by Crippen LogP contribution is 2.39. The number of cyclic esters (lactones) is 1. The lowest BCUT2D eigenvalue weighted by Crippen LogP contribution is -2.46. The van der Waals surface area contributed by atoms with E-state index in [-0.39, 0.29) is 12.4 Å². The Morgan fingerprint density at radius 1 is 1.53 bits per heavy atom. The van der Waals surface area contributed by atoms with Gasteiger partial charge in [0.05, 0.1) is 6.04 Å². The van der Waals surface area contributed by atoms with Crippen molar-refractivity contribution in [1.82, 2.24) is 5.32 Å². The quantitative estimate of drug-likeness (QED) is 0.790.